The average molecular weight is 214 g/mol. The summed E-state index contributed by atoms with van der Waals surface area (Å²) in [5.41, 5.74) is 0.506. The predicted molar refractivity (Wildman–Crippen MR) is 53.6 cm³/mol. The molecule has 1 aromatic heterocycles. The zero-order valence-electron chi connectivity index (χ0n) is 7.96. The number of aromatic nitrogens is 2. The van der Waals surface area contributed by atoms with Crippen LogP contribution in [0.4, 0.5) is 0 Å². The Bertz CT molecular complexity index is 335. The molecule has 4 nitrogen and oxygen atoms in total. The topological polar surface area (TPSA) is 46.9 Å². The standard InChI is InChI=1S/C9H12ClN3O/c1-13-8(6(10)5-12-13)9(14)7-3-2-4-11-7/h5,7,11H,2-4H2,1H3. The van der Waals surface area contributed by atoms with Gasteiger partial charge in [-0.05, 0) is 19.4 Å². The fourth-order valence-corrected chi connectivity index (χ4v) is 2.02. The van der Waals surface area contributed by atoms with E-state index in [1.807, 2.05) is 0 Å². The second kappa shape index (κ2) is 3.71. The van der Waals surface area contributed by atoms with E-state index in [0.29, 0.717) is 10.7 Å². The summed E-state index contributed by atoms with van der Waals surface area (Å²) in [6, 6.07) is -0.0806. The molecule has 5 heteroatoms. The third-order valence-electron chi connectivity index (χ3n) is 2.50. The normalized spacial score (nSPS) is 21.4. The lowest BCUT2D eigenvalue weighted by Gasteiger charge is -2.08. The van der Waals surface area contributed by atoms with Crippen molar-refractivity contribution in [1.29, 1.82) is 0 Å². The van der Waals surface area contributed by atoms with E-state index in [1.54, 1.807) is 7.05 Å². The van der Waals surface area contributed by atoms with Crippen LogP contribution in [0.1, 0.15) is 23.3 Å². The van der Waals surface area contributed by atoms with E-state index in [9.17, 15) is 4.79 Å². The van der Waals surface area contributed by atoms with E-state index in [2.05, 4.69) is 10.4 Å². The minimum absolute atomic E-state index is 0.0486. The number of carbonyl (C=O) groups is 1. The molecule has 1 N–H and O–H groups in total. The monoisotopic (exact) mass is 213 g/mol. The number of carbonyl (C=O) groups excluding carboxylic acids is 1. The molecule has 14 heavy (non-hydrogen) atoms. The summed E-state index contributed by atoms with van der Waals surface area (Å²) in [6.45, 7) is 0.909. The Hall–Kier alpha value is -0.870. The highest BCUT2D eigenvalue weighted by Crippen LogP contribution is 2.19. The first-order chi connectivity index (χ1) is 6.70. The van der Waals surface area contributed by atoms with Gasteiger partial charge in [-0.3, -0.25) is 9.48 Å². The SMILES string of the molecule is Cn1ncc(Cl)c1C(=O)C1CCCN1. The predicted octanol–water partition coefficient (Wildman–Crippen LogP) is 1.01. The second-order valence-electron chi connectivity index (χ2n) is 3.48. The highest BCUT2D eigenvalue weighted by Gasteiger charge is 2.27. The molecule has 1 saturated heterocycles. The fraction of sp³-hybridized carbons (Fsp3) is 0.556. The Balaban J connectivity index is 2.25. The van der Waals surface area contributed by atoms with Crippen molar-refractivity contribution in [2.45, 2.75) is 18.9 Å². The summed E-state index contributed by atoms with van der Waals surface area (Å²) < 4.78 is 1.53. The lowest BCUT2D eigenvalue weighted by molar-refractivity contribution is 0.0943. The largest absolute Gasteiger partial charge is 0.307 e. The van der Waals surface area contributed by atoms with E-state index in [0.717, 1.165) is 19.4 Å². The lowest BCUT2D eigenvalue weighted by Crippen LogP contribution is -2.32. The Morgan fingerprint density at radius 3 is 3.07 bits per heavy atom. The Morgan fingerprint density at radius 1 is 1.79 bits per heavy atom. The third-order valence-corrected chi connectivity index (χ3v) is 2.78. The van der Waals surface area contributed by atoms with Crippen molar-refractivity contribution in [1.82, 2.24) is 15.1 Å². The van der Waals surface area contributed by atoms with Crippen molar-refractivity contribution >= 4 is 17.4 Å². The number of hydrogen-bond donors (Lipinski definition) is 1. The molecule has 1 atom stereocenters. The zero-order valence-corrected chi connectivity index (χ0v) is 8.71. The van der Waals surface area contributed by atoms with Crippen molar-refractivity contribution in [3.05, 3.63) is 16.9 Å². The van der Waals surface area contributed by atoms with Gasteiger partial charge in [0.15, 0.2) is 5.78 Å². The molecule has 0 aliphatic carbocycles. The molecule has 1 unspecified atom stereocenters. The van der Waals surface area contributed by atoms with Crippen LogP contribution in [0.15, 0.2) is 6.20 Å². The van der Waals surface area contributed by atoms with Crippen LogP contribution in [-0.2, 0) is 7.05 Å². The van der Waals surface area contributed by atoms with Gasteiger partial charge in [-0.15, -0.1) is 0 Å². The number of rotatable bonds is 2. The van der Waals surface area contributed by atoms with Crippen LogP contribution < -0.4 is 5.32 Å². The van der Waals surface area contributed by atoms with Crippen molar-refractivity contribution < 1.29 is 4.79 Å². The number of halogens is 1. The molecular formula is C9H12ClN3O. The van der Waals surface area contributed by atoms with Crippen LogP contribution >= 0.6 is 11.6 Å². The van der Waals surface area contributed by atoms with Crippen LogP contribution in [0.2, 0.25) is 5.02 Å². The van der Waals surface area contributed by atoms with Crippen LogP contribution in [0.3, 0.4) is 0 Å². The Kier molecular flexibility index (Phi) is 2.56. The Morgan fingerprint density at radius 2 is 2.57 bits per heavy atom. The molecule has 2 rings (SSSR count). The minimum atomic E-state index is -0.0806. The first-order valence-corrected chi connectivity index (χ1v) is 5.03. The maximum absolute atomic E-state index is 11.9. The van der Waals surface area contributed by atoms with E-state index in [-0.39, 0.29) is 11.8 Å². The smallest absolute Gasteiger partial charge is 0.199 e. The summed E-state index contributed by atoms with van der Waals surface area (Å²) in [4.78, 5) is 11.9. The minimum Gasteiger partial charge on any atom is -0.307 e. The fourth-order valence-electron chi connectivity index (χ4n) is 1.76. The number of ketones is 1. The quantitative estimate of drug-likeness (QED) is 0.746. The number of nitrogens with zero attached hydrogens (tertiary/aromatic N) is 2. The van der Waals surface area contributed by atoms with Gasteiger partial charge < -0.3 is 5.32 Å². The number of hydrogen-bond acceptors (Lipinski definition) is 3. The zero-order chi connectivity index (χ0) is 10.1. The van der Waals surface area contributed by atoms with Crippen molar-refractivity contribution in [2.75, 3.05) is 6.54 Å². The van der Waals surface area contributed by atoms with Gasteiger partial charge in [0.25, 0.3) is 0 Å². The van der Waals surface area contributed by atoms with E-state index in [1.165, 1.54) is 10.9 Å². The van der Waals surface area contributed by atoms with Crippen molar-refractivity contribution in [2.24, 2.45) is 7.05 Å². The van der Waals surface area contributed by atoms with Crippen LogP contribution in [0.5, 0.6) is 0 Å². The van der Waals surface area contributed by atoms with Gasteiger partial charge in [0.1, 0.15) is 5.69 Å². The molecule has 0 spiro atoms. The molecule has 1 aliphatic rings. The summed E-state index contributed by atoms with van der Waals surface area (Å²) >= 11 is 5.89. The van der Waals surface area contributed by atoms with Crippen LogP contribution in [0.25, 0.3) is 0 Å². The highest BCUT2D eigenvalue weighted by atomic mass is 35.5. The molecular weight excluding hydrogens is 202 g/mol. The van der Waals surface area contributed by atoms with Gasteiger partial charge in [0, 0.05) is 7.05 Å². The van der Waals surface area contributed by atoms with Crippen LogP contribution in [0, 0.1) is 0 Å². The number of nitrogens with one attached hydrogen (secondary N) is 1. The second-order valence-corrected chi connectivity index (χ2v) is 3.89. The molecule has 0 aromatic carbocycles. The average Bonchev–Trinajstić information content (AvgIpc) is 2.75. The van der Waals surface area contributed by atoms with Gasteiger partial charge in [-0.2, -0.15) is 5.10 Å². The number of aryl methyl sites for hydroxylation is 1. The molecule has 0 saturated carbocycles. The highest BCUT2D eigenvalue weighted by molar-refractivity contribution is 6.33. The number of Topliss-reactive ketones (excluding diaryl/α,β-unsaturated/α-hetero) is 1. The van der Waals surface area contributed by atoms with E-state index < -0.39 is 0 Å². The van der Waals surface area contributed by atoms with Gasteiger partial charge >= 0.3 is 0 Å². The summed E-state index contributed by atoms with van der Waals surface area (Å²) in [5.74, 6) is 0.0486. The molecule has 1 aliphatic heterocycles. The molecule has 0 amide bonds. The first-order valence-electron chi connectivity index (χ1n) is 4.65. The summed E-state index contributed by atoms with van der Waals surface area (Å²) in [7, 11) is 1.73. The molecule has 0 bridgehead atoms. The lowest BCUT2D eigenvalue weighted by atomic mass is 10.1. The molecule has 1 fully saturated rings. The summed E-state index contributed by atoms with van der Waals surface area (Å²) in [6.07, 6.45) is 3.44. The van der Waals surface area contributed by atoms with Gasteiger partial charge in [0.05, 0.1) is 17.3 Å². The van der Waals surface area contributed by atoms with Gasteiger partial charge in [-0.25, -0.2) is 0 Å². The maximum Gasteiger partial charge on any atom is 0.199 e. The van der Waals surface area contributed by atoms with Crippen molar-refractivity contribution in [3.8, 4) is 0 Å². The third kappa shape index (κ3) is 1.55. The molecule has 2 heterocycles. The maximum atomic E-state index is 11.9. The molecule has 76 valence electrons. The van der Waals surface area contributed by atoms with Gasteiger partial charge in [-0.1, -0.05) is 11.6 Å². The van der Waals surface area contributed by atoms with Crippen LogP contribution in [-0.4, -0.2) is 28.2 Å². The molecule has 1 aromatic rings. The molecule has 0 radical (unpaired) electrons. The van der Waals surface area contributed by atoms with Gasteiger partial charge in [0.2, 0.25) is 0 Å². The van der Waals surface area contributed by atoms with Crippen molar-refractivity contribution in [3.63, 3.8) is 0 Å². The van der Waals surface area contributed by atoms with E-state index >= 15 is 0 Å². The van der Waals surface area contributed by atoms with E-state index in [4.69, 9.17) is 11.6 Å². The first kappa shape index (κ1) is 9.68. The summed E-state index contributed by atoms with van der Waals surface area (Å²) in [5, 5.41) is 7.53. The Labute approximate surface area is 87.2 Å².